The van der Waals surface area contributed by atoms with Crippen molar-refractivity contribution in [3.8, 4) is 5.75 Å². The minimum atomic E-state index is -0.478. The van der Waals surface area contributed by atoms with E-state index in [4.69, 9.17) is 16.3 Å². The number of hydrogen-bond donors (Lipinski definition) is 1. The average molecular weight is 347 g/mol. The van der Waals surface area contributed by atoms with Crippen LogP contribution in [0.15, 0.2) is 48.5 Å². The van der Waals surface area contributed by atoms with Crippen molar-refractivity contribution >= 4 is 17.3 Å². The van der Waals surface area contributed by atoms with Crippen LogP contribution in [0.2, 0.25) is 5.02 Å². The van der Waals surface area contributed by atoms with Crippen molar-refractivity contribution in [1.29, 1.82) is 0 Å². The third-order valence-corrected chi connectivity index (χ3v) is 4.71. The summed E-state index contributed by atoms with van der Waals surface area (Å²) in [6.45, 7) is 4.39. The molecule has 24 heavy (non-hydrogen) atoms. The quantitative estimate of drug-likeness (QED) is 0.902. The number of aliphatic hydroxyl groups is 1. The molecular formula is C19H23ClN2O2. The number of hydrogen-bond acceptors (Lipinski definition) is 4. The van der Waals surface area contributed by atoms with Crippen LogP contribution < -0.4 is 9.64 Å². The lowest BCUT2D eigenvalue weighted by molar-refractivity contribution is 0.109. The highest BCUT2D eigenvalue weighted by molar-refractivity contribution is 6.30. The van der Waals surface area contributed by atoms with Crippen LogP contribution in [0.5, 0.6) is 5.75 Å². The molecule has 0 bridgehead atoms. The number of halogens is 1. The van der Waals surface area contributed by atoms with E-state index in [1.807, 2.05) is 42.5 Å². The molecule has 0 amide bonds. The van der Waals surface area contributed by atoms with E-state index >= 15 is 0 Å². The molecule has 4 nitrogen and oxygen atoms in total. The van der Waals surface area contributed by atoms with Gasteiger partial charge in [-0.15, -0.1) is 0 Å². The van der Waals surface area contributed by atoms with E-state index in [9.17, 15) is 5.11 Å². The summed E-state index contributed by atoms with van der Waals surface area (Å²) in [5.41, 5.74) is 2.09. The second kappa shape index (κ2) is 7.88. The smallest absolute Gasteiger partial charge is 0.118 e. The van der Waals surface area contributed by atoms with Crippen LogP contribution in [-0.2, 0) is 0 Å². The van der Waals surface area contributed by atoms with Gasteiger partial charge in [0.1, 0.15) is 5.75 Å². The van der Waals surface area contributed by atoms with E-state index in [1.54, 1.807) is 7.11 Å². The number of benzene rings is 2. The Morgan fingerprint density at radius 1 is 1.08 bits per heavy atom. The van der Waals surface area contributed by atoms with Crippen LogP contribution >= 0.6 is 11.6 Å². The fourth-order valence-electron chi connectivity index (χ4n) is 3.04. The summed E-state index contributed by atoms with van der Waals surface area (Å²) in [7, 11) is 1.64. The number of methoxy groups -OCH3 is 1. The van der Waals surface area contributed by atoms with Gasteiger partial charge in [0.2, 0.25) is 0 Å². The number of aliphatic hydroxyl groups excluding tert-OH is 1. The Bertz CT molecular complexity index is 655. The van der Waals surface area contributed by atoms with Gasteiger partial charge in [-0.3, -0.25) is 4.90 Å². The molecule has 0 spiro atoms. The first-order valence-corrected chi connectivity index (χ1v) is 8.58. The highest BCUT2D eigenvalue weighted by Gasteiger charge is 2.20. The van der Waals surface area contributed by atoms with Gasteiger partial charge in [0, 0.05) is 43.4 Å². The Labute approximate surface area is 148 Å². The van der Waals surface area contributed by atoms with Crippen LogP contribution in [0, 0.1) is 0 Å². The Morgan fingerprint density at radius 3 is 2.42 bits per heavy atom. The maximum atomic E-state index is 10.4. The van der Waals surface area contributed by atoms with Gasteiger partial charge in [0.15, 0.2) is 0 Å². The number of anilines is 1. The topological polar surface area (TPSA) is 35.9 Å². The van der Waals surface area contributed by atoms with Gasteiger partial charge in [0.25, 0.3) is 0 Å². The third-order valence-electron chi connectivity index (χ3n) is 4.48. The lowest BCUT2D eigenvalue weighted by Gasteiger charge is -2.37. The summed E-state index contributed by atoms with van der Waals surface area (Å²) in [6, 6.07) is 15.6. The van der Waals surface area contributed by atoms with Gasteiger partial charge in [-0.05, 0) is 35.9 Å². The van der Waals surface area contributed by atoms with Crippen molar-refractivity contribution in [2.24, 2.45) is 0 Å². The van der Waals surface area contributed by atoms with E-state index in [-0.39, 0.29) is 0 Å². The first-order valence-electron chi connectivity index (χ1n) is 8.20. The minimum absolute atomic E-state index is 0.478. The van der Waals surface area contributed by atoms with Crippen molar-refractivity contribution in [2.45, 2.75) is 6.10 Å². The maximum absolute atomic E-state index is 10.4. The van der Waals surface area contributed by atoms with Crippen molar-refractivity contribution < 1.29 is 9.84 Å². The number of piperazine rings is 1. The molecule has 1 fully saturated rings. The second-order valence-corrected chi connectivity index (χ2v) is 6.49. The van der Waals surface area contributed by atoms with Gasteiger partial charge in [0.05, 0.1) is 13.2 Å². The Morgan fingerprint density at radius 2 is 1.79 bits per heavy atom. The molecule has 5 heteroatoms. The average Bonchev–Trinajstić information content (AvgIpc) is 2.62. The summed E-state index contributed by atoms with van der Waals surface area (Å²) in [6.07, 6.45) is -0.478. The molecular weight excluding hydrogens is 324 g/mol. The Kier molecular flexibility index (Phi) is 5.61. The fraction of sp³-hybridized carbons (Fsp3) is 0.368. The van der Waals surface area contributed by atoms with Crippen LogP contribution in [0.25, 0.3) is 0 Å². The van der Waals surface area contributed by atoms with Crippen molar-refractivity contribution in [1.82, 2.24) is 4.90 Å². The molecule has 1 atom stereocenters. The van der Waals surface area contributed by atoms with E-state index in [2.05, 4.69) is 15.9 Å². The predicted molar refractivity (Wildman–Crippen MR) is 98.1 cm³/mol. The summed E-state index contributed by atoms with van der Waals surface area (Å²) in [5.74, 6) is 0.807. The molecule has 128 valence electrons. The summed E-state index contributed by atoms with van der Waals surface area (Å²) in [5, 5.41) is 11.2. The molecule has 0 aromatic heterocycles. The maximum Gasteiger partial charge on any atom is 0.118 e. The van der Waals surface area contributed by atoms with E-state index in [0.29, 0.717) is 6.54 Å². The Hall–Kier alpha value is -1.75. The number of β-amino-alcohol motifs (C(OH)–C–C–N with tert-alkyl or cyclic N) is 1. The monoisotopic (exact) mass is 346 g/mol. The third kappa shape index (κ3) is 4.20. The molecule has 0 unspecified atom stereocenters. The lowest BCUT2D eigenvalue weighted by Crippen LogP contribution is -2.47. The van der Waals surface area contributed by atoms with Crippen LogP contribution in [0.3, 0.4) is 0 Å². The van der Waals surface area contributed by atoms with Crippen LogP contribution in [-0.4, -0.2) is 49.8 Å². The number of rotatable bonds is 5. The van der Waals surface area contributed by atoms with E-state index < -0.39 is 6.10 Å². The van der Waals surface area contributed by atoms with Crippen molar-refractivity contribution in [3.05, 3.63) is 59.1 Å². The van der Waals surface area contributed by atoms with Crippen LogP contribution in [0.1, 0.15) is 11.7 Å². The molecule has 3 rings (SSSR count). The van der Waals surface area contributed by atoms with Crippen molar-refractivity contribution in [2.75, 3.05) is 44.7 Å². The standard InChI is InChI=1S/C19H23ClN2O2/c1-24-18-7-5-15(6-8-18)19(23)14-21-9-11-22(12-10-21)17-4-2-3-16(20)13-17/h2-8,13,19,23H,9-12,14H2,1H3/t19-/m0/s1. The van der Waals surface area contributed by atoms with Gasteiger partial charge < -0.3 is 14.7 Å². The van der Waals surface area contributed by atoms with Gasteiger partial charge in [-0.1, -0.05) is 29.8 Å². The van der Waals surface area contributed by atoms with Crippen molar-refractivity contribution in [3.63, 3.8) is 0 Å². The van der Waals surface area contributed by atoms with Gasteiger partial charge in [-0.25, -0.2) is 0 Å². The number of ether oxygens (including phenoxy) is 1. The fourth-order valence-corrected chi connectivity index (χ4v) is 3.22. The molecule has 1 N–H and O–H groups in total. The minimum Gasteiger partial charge on any atom is -0.497 e. The zero-order valence-electron chi connectivity index (χ0n) is 13.9. The summed E-state index contributed by atoms with van der Waals surface area (Å²) >= 11 is 6.07. The highest BCUT2D eigenvalue weighted by Crippen LogP contribution is 2.22. The second-order valence-electron chi connectivity index (χ2n) is 6.06. The normalized spacial score (nSPS) is 16.9. The molecule has 2 aromatic rings. The van der Waals surface area contributed by atoms with E-state index in [0.717, 1.165) is 48.2 Å². The summed E-state index contributed by atoms with van der Waals surface area (Å²) < 4.78 is 5.15. The predicted octanol–water partition coefficient (Wildman–Crippen LogP) is 3.20. The molecule has 1 aliphatic rings. The number of nitrogens with zero attached hydrogens (tertiary/aromatic N) is 2. The first-order chi connectivity index (χ1) is 11.7. The molecule has 0 radical (unpaired) electrons. The molecule has 2 aromatic carbocycles. The molecule has 0 aliphatic carbocycles. The molecule has 1 saturated heterocycles. The molecule has 1 aliphatic heterocycles. The van der Waals surface area contributed by atoms with Gasteiger partial charge in [-0.2, -0.15) is 0 Å². The molecule has 1 heterocycles. The lowest BCUT2D eigenvalue weighted by atomic mass is 10.1. The molecule has 0 saturated carbocycles. The van der Waals surface area contributed by atoms with E-state index in [1.165, 1.54) is 0 Å². The van der Waals surface area contributed by atoms with Crippen LogP contribution in [0.4, 0.5) is 5.69 Å². The largest absolute Gasteiger partial charge is 0.497 e. The zero-order chi connectivity index (χ0) is 16.9. The first kappa shape index (κ1) is 17.1. The highest BCUT2D eigenvalue weighted by atomic mass is 35.5. The SMILES string of the molecule is COc1ccc([C@@H](O)CN2CCN(c3cccc(Cl)c3)CC2)cc1. The Balaban J connectivity index is 1.53. The summed E-state index contributed by atoms with van der Waals surface area (Å²) in [4.78, 5) is 4.64. The van der Waals surface area contributed by atoms with Gasteiger partial charge >= 0.3 is 0 Å². The zero-order valence-corrected chi connectivity index (χ0v) is 14.6.